The summed E-state index contributed by atoms with van der Waals surface area (Å²) in [4.78, 5) is 23.9. The molecule has 2 aliphatic carbocycles. The lowest BCUT2D eigenvalue weighted by atomic mass is 9.95. The van der Waals surface area contributed by atoms with Crippen LogP contribution in [0.4, 0.5) is 11.4 Å². The second-order valence-electron chi connectivity index (χ2n) is 10.5. The number of hydrazone groups is 2. The summed E-state index contributed by atoms with van der Waals surface area (Å²) < 4.78 is 69.2. The van der Waals surface area contributed by atoms with Crippen LogP contribution in [0.3, 0.4) is 0 Å². The van der Waals surface area contributed by atoms with Crippen LogP contribution in [-0.2, 0) is 29.8 Å². The Morgan fingerprint density at radius 2 is 0.938 bits per heavy atom. The molecule has 0 heterocycles. The zero-order valence-electron chi connectivity index (χ0n) is 24.6. The Kier molecular flexibility index (Phi) is 8.56. The number of anilines is 2. The molecule has 6 rings (SSSR count). The lowest BCUT2D eigenvalue weighted by Gasteiger charge is -2.13. The Morgan fingerprint density at radius 1 is 0.542 bits per heavy atom. The molecule has 4 aromatic carbocycles. The number of rotatable bonds is 8. The first-order chi connectivity index (χ1) is 22.9. The van der Waals surface area contributed by atoms with Gasteiger partial charge in [0.25, 0.3) is 20.2 Å². The molecule has 0 saturated carbocycles. The number of hydrogen-bond acceptors (Lipinski definition) is 10. The molecule has 48 heavy (non-hydrogen) atoms. The fourth-order valence-corrected chi connectivity index (χ4v) is 6.47. The maximum absolute atomic E-state index is 12.5. The Hall–Kier alpha value is -5.80. The summed E-state index contributed by atoms with van der Waals surface area (Å²) in [6.07, 6.45) is 8.54. The standard InChI is InChI=1S/C34H24N4O8S2/c39-29-17-13-21-5-1-3-7-27(21)33(29)37-35-25-15-11-23(31(19-25)47(41,42)43)9-10-24-12-16-26(20-32(24)48(44,45)46)36-38-34-28-8-4-2-6-22(28)14-18-30(34)40/h1-20,35-36H,(H,41,42,43)(H,44,45,46)/b10-9+,37-33-,38-34-. The van der Waals surface area contributed by atoms with Gasteiger partial charge in [0, 0.05) is 11.1 Å². The Morgan fingerprint density at radius 3 is 1.33 bits per heavy atom. The molecule has 0 unspecified atom stereocenters. The van der Waals surface area contributed by atoms with Crippen LogP contribution in [0.25, 0.3) is 24.3 Å². The molecule has 0 amide bonds. The first-order valence-corrected chi connectivity index (χ1v) is 17.0. The van der Waals surface area contributed by atoms with E-state index in [1.54, 1.807) is 36.4 Å². The maximum atomic E-state index is 12.5. The number of carbonyl (C=O) groups excluding carboxylic acids is 2. The topological polar surface area (TPSA) is 192 Å². The molecule has 12 nitrogen and oxygen atoms in total. The van der Waals surface area contributed by atoms with Gasteiger partial charge < -0.3 is 0 Å². The first-order valence-electron chi connectivity index (χ1n) is 14.1. The summed E-state index contributed by atoms with van der Waals surface area (Å²) in [5, 5.41) is 8.34. The number of ketones is 2. The second-order valence-corrected chi connectivity index (χ2v) is 13.3. The number of benzene rings is 4. The Bertz CT molecular complexity index is 2230. The van der Waals surface area contributed by atoms with Gasteiger partial charge in [-0.25, -0.2) is 0 Å². The minimum absolute atomic E-state index is 0.0184. The molecule has 0 saturated heterocycles. The predicted octanol–water partition coefficient (Wildman–Crippen LogP) is 5.17. The van der Waals surface area contributed by atoms with Crippen molar-refractivity contribution in [3.63, 3.8) is 0 Å². The Labute approximate surface area is 275 Å². The Balaban J connectivity index is 1.28. The van der Waals surface area contributed by atoms with Crippen molar-refractivity contribution >= 4 is 78.9 Å². The van der Waals surface area contributed by atoms with Gasteiger partial charge in [0.05, 0.1) is 11.4 Å². The van der Waals surface area contributed by atoms with Gasteiger partial charge in [-0.3, -0.25) is 29.5 Å². The van der Waals surface area contributed by atoms with E-state index in [2.05, 4.69) is 21.1 Å². The van der Waals surface area contributed by atoms with Crippen LogP contribution >= 0.6 is 0 Å². The summed E-state index contributed by atoms with van der Waals surface area (Å²) in [5.74, 6) is -0.715. The van der Waals surface area contributed by atoms with Gasteiger partial charge in [-0.05, 0) is 58.7 Å². The van der Waals surface area contributed by atoms with Crippen molar-refractivity contribution < 1.29 is 35.5 Å². The number of fused-ring (bicyclic) bond motifs is 2. The largest absolute Gasteiger partial charge is 0.295 e. The number of hydrogen-bond donors (Lipinski definition) is 4. The van der Waals surface area contributed by atoms with E-state index in [1.165, 1.54) is 48.6 Å². The van der Waals surface area contributed by atoms with Crippen LogP contribution < -0.4 is 10.9 Å². The molecular formula is C34H24N4O8S2. The zero-order chi connectivity index (χ0) is 34.1. The van der Waals surface area contributed by atoms with Crippen molar-refractivity contribution in [2.75, 3.05) is 10.9 Å². The molecular weight excluding hydrogens is 657 g/mol. The number of carbonyl (C=O) groups is 2. The average Bonchev–Trinajstić information content (AvgIpc) is 3.06. The zero-order valence-corrected chi connectivity index (χ0v) is 26.2. The second kappa shape index (κ2) is 12.8. The van der Waals surface area contributed by atoms with Crippen LogP contribution in [0.1, 0.15) is 33.4 Å². The van der Waals surface area contributed by atoms with Gasteiger partial charge >= 0.3 is 0 Å². The van der Waals surface area contributed by atoms with E-state index in [4.69, 9.17) is 0 Å². The highest BCUT2D eigenvalue weighted by molar-refractivity contribution is 7.86. The molecule has 0 spiro atoms. The average molecular weight is 681 g/mol. The van der Waals surface area contributed by atoms with Crippen molar-refractivity contribution in [2.45, 2.75) is 9.79 Å². The predicted molar refractivity (Wildman–Crippen MR) is 183 cm³/mol. The smallest absolute Gasteiger partial charge is 0.287 e. The number of nitrogens with zero attached hydrogens (tertiary/aromatic N) is 2. The van der Waals surface area contributed by atoms with E-state index in [0.717, 1.165) is 23.3 Å². The van der Waals surface area contributed by atoms with Gasteiger partial charge in [0.1, 0.15) is 21.2 Å². The summed E-state index contributed by atoms with van der Waals surface area (Å²) >= 11 is 0. The lowest BCUT2D eigenvalue weighted by Crippen LogP contribution is -2.19. The molecule has 240 valence electrons. The van der Waals surface area contributed by atoms with Crippen molar-refractivity contribution in [1.82, 2.24) is 0 Å². The minimum Gasteiger partial charge on any atom is -0.287 e. The van der Waals surface area contributed by atoms with Crippen LogP contribution in [-0.4, -0.2) is 48.9 Å². The molecule has 14 heteroatoms. The molecule has 0 aromatic heterocycles. The summed E-state index contributed by atoms with van der Waals surface area (Å²) in [6, 6.07) is 22.0. The minimum atomic E-state index is -4.79. The molecule has 0 fully saturated rings. The maximum Gasteiger partial charge on any atom is 0.295 e. The van der Waals surface area contributed by atoms with Crippen molar-refractivity contribution in [2.24, 2.45) is 10.2 Å². The van der Waals surface area contributed by atoms with Crippen LogP contribution in [0.2, 0.25) is 0 Å². The normalized spacial score (nSPS) is 16.0. The monoisotopic (exact) mass is 680 g/mol. The van der Waals surface area contributed by atoms with Gasteiger partial charge in [0.2, 0.25) is 11.6 Å². The fraction of sp³-hybridized carbons (Fsp3) is 0. The molecule has 0 bridgehead atoms. The third-order valence-corrected chi connectivity index (χ3v) is 9.16. The van der Waals surface area contributed by atoms with Gasteiger partial charge in [-0.15, -0.1) is 0 Å². The van der Waals surface area contributed by atoms with E-state index in [0.29, 0.717) is 11.1 Å². The van der Waals surface area contributed by atoms with Gasteiger partial charge in [-0.2, -0.15) is 27.0 Å². The van der Waals surface area contributed by atoms with E-state index in [9.17, 15) is 35.5 Å². The van der Waals surface area contributed by atoms with E-state index in [-0.39, 0.29) is 45.5 Å². The molecule has 4 aromatic rings. The quantitative estimate of drug-likeness (QED) is 0.110. The highest BCUT2D eigenvalue weighted by Crippen LogP contribution is 2.27. The summed E-state index contributed by atoms with van der Waals surface area (Å²) in [5.41, 5.74) is 8.50. The lowest BCUT2D eigenvalue weighted by molar-refractivity contribution is -0.109. The molecule has 4 N–H and O–H groups in total. The highest BCUT2D eigenvalue weighted by Gasteiger charge is 2.21. The summed E-state index contributed by atoms with van der Waals surface area (Å²) in [7, 11) is -9.59. The number of nitrogens with one attached hydrogen (secondary N) is 2. The van der Waals surface area contributed by atoms with Crippen molar-refractivity contribution in [3.8, 4) is 0 Å². The van der Waals surface area contributed by atoms with Gasteiger partial charge in [-0.1, -0.05) is 85.0 Å². The highest BCUT2D eigenvalue weighted by atomic mass is 32.2. The van der Waals surface area contributed by atoms with Gasteiger partial charge in [0.15, 0.2) is 0 Å². The summed E-state index contributed by atoms with van der Waals surface area (Å²) in [6.45, 7) is 0. The first kappa shape index (κ1) is 32.2. The molecule has 0 radical (unpaired) electrons. The SMILES string of the molecule is O=C1C=Cc2ccccc2/C1=N/Nc1ccc(/C=C/c2ccc(N/N=C3\C(=O)C=Cc4ccccc43)cc2S(=O)(=O)O)c(S(=O)(=O)O)c1. The van der Waals surface area contributed by atoms with Crippen LogP contribution in [0.5, 0.6) is 0 Å². The van der Waals surface area contributed by atoms with Crippen LogP contribution in [0, 0.1) is 0 Å². The molecule has 0 aliphatic heterocycles. The fourth-order valence-electron chi connectivity index (χ4n) is 5.05. The number of allylic oxidation sites excluding steroid dienone is 2. The van der Waals surface area contributed by atoms with Crippen molar-refractivity contribution in [3.05, 3.63) is 130 Å². The van der Waals surface area contributed by atoms with Crippen LogP contribution in [0.15, 0.2) is 117 Å². The third kappa shape index (κ3) is 6.82. The van der Waals surface area contributed by atoms with E-state index in [1.807, 2.05) is 24.3 Å². The van der Waals surface area contributed by atoms with E-state index < -0.39 is 30.0 Å². The van der Waals surface area contributed by atoms with Crippen molar-refractivity contribution in [1.29, 1.82) is 0 Å². The molecule has 2 aliphatic rings. The van der Waals surface area contributed by atoms with E-state index >= 15 is 0 Å². The molecule has 0 atom stereocenters. The third-order valence-electron chi connectivity index (χ3n) is 7.35.